The number of aromatic nitrogens is 2. The maximum Gasteiger partial charge on any atom is 0.275 e. The molecular weight excluding hydrogens is 372 g/mol. The summed E-state index contributed by atoms with van der Waals surface area (Å²) in [6.07, 6.45) is 3.04. The van der Waals surface area contributed by atoms with Crippen LogP contribution in [0.3, 0.4) is 0 Å². The number of carbonyl (C=O) groups excluding carboxylic acids is 2. The molecule has 0 unspecified atom stereocenters. The molecule has 144 valence electrons. The molecule has 29 heavy (non-hydrogen) atoms. The average Bonchev–Trinajstić information content (AvgIpc) is 3.31. The molecule has 0 atom stereocenters. The number of carbonyl (C=O) groups is 2. The van der Waals surface area contributed by atoms with Crippen molar-refractivity contribution in [1.82, 2.24) is 20.8 Å². The monoisotopic (exact) mass is 388 g/mol. The summed E-state index contributed by atoms with van der Waals surface area (Å²) in [5, 5.41) is 0.647. The largest absolute Gasteiger partial charge is 0.480 e. The van der Waals surface area contributed by atoms with Crippen LogP contribution in [0.1, 0.15) is 20.7 Å². The third-order valence-corrected chi connectivity index (χ3v) is 4.23. The molecule has 0 saturated carbocycles. The second-order valence-corrected chi connectivity index (χ2v) is 6.02. The quantitative estimate of drug-likeness (QED) is 0.521. The Hall–Kier alpha value is -4.20. The molecule has 2 amide bonds. The first-order chi connectivity index (χ1) is 14.2. The summed E-state index contributed by atoms with van der Waals surface area (Å²) in [5.41, 5.74) is 6.51. The number of rotatable bonds is 4. The third-order valence-electron chi connectivity index (χ3n) is 4.23. The van der Waals surface area contributed by atoms with Crippen molar-refractivity contribution in [1.29, 1.82) is 0 Å². The van der Waals surface area contributed by atoms with Crippen LogP contribution in [0, 0.1) is 0 Å². The molecule has 0 aliphatic carbocycles. The van der Waals surface area contributed by atoms with Crippen molar-refractivity contribution in [3.8, 4) is 17.3 Å². The van der Waals surface area contributed by atoms with Crippen LogP contribution in [0.25, 0.3) is 22.4 Å². The Labute approximate surface area is 165 Å². The van der Waals surface area contributed by atoms with Crippen LogP contribution in [-0.2, 0) is 0 Å². The van der Waals surface area contributed by atoms with E-state index in [1.165, 1.54) is 19.6 Å². The summed E-state index contributed by atoms with van der Waals surface area (Å²) >= 11 is 0. The fraction of sp³-hybridized carbons (Fsp3) is 0.0476. The predicted octanol–water partition coefficient (Wildman–Crippen LogP) is 2.97. The topological polar surface area (TPSA) is 106 Å². The van der Waals surface area contributed by atoms with Gasteiger partial charge < -0.3 is 9.15 Å². The van der Waals surface area contributed by atoms with Gasteiger partial charge in [0.25, 0.3) is 11.8 Å². The summed E-state index contributed by atoms with van der Waals surface area (Å²) in [4.78, 5) is 33.8. The Morgan fingerprint density at radius 3 is 2.52 bits per heavy atom. The molecule has 0 radical (unpaired) electrons. The number of hydrazine groups is 1. The highest BCUT2D eigenvalue weighted by molar-refractivity contribution is 6.08. The first-order valence-electron chi connectivity index (χ1n) is 8.70. The van der Waals surface area contributed by atoms with E-state index in [9.17, 15) is 9.59 Å². The minimum absolute atomic E-state index is 0.161. The lowest BCUT2D eigenvalue weighted by Crippen LogP contribution is -2.41. The number of nitrogens with zero attached hydrogens (tertiary/aromatic N) is 2. The van der Waals surface area contributed by atoms with Crippen LogP contribution in [-0.4, -0.2) is 28.9 Å². The second-order valence-electron chi connectivity index (χ2n) is 6.02. The van der Waals surface area contributed by atoms with E-state index in [4.69, 9.17) is 9.15 Å². The van der Waals surface area contributed by atoms with Gasteiger partial charge in [0, 0.05) is 11.6 Å². The van der Waals surface area contributed by atoms with Gasteiger partial charge in [0.05, 0.1) is 24.5 Å². The van der Waals surface area contributed by atoms with E-state index in [0.717, 1.165) is 0 Å². The summed E-state index contributed by atoms with van der Waals surface area (Å²) in [6, 6.07) is 15.5. The number of hydrogen-bond donors (Lipinski definition) is 2. The Kier molecular flexibility index (Phi) is 4.90. The Balaban J connectivity index is 1.62. The van der Waals surface area contributed by atoms with Gasteiger partial charge in [-0.3, -0.25) is 20.4 Å². The molecule has 0 aliphatic rings. The Bertz CT molecular complexity index is 1190. The molecule has 3 heterocycles. The van der Waals surface area contributed by atoms with E-state index < -0.39 is 11.8 Å². The van der Waals surface area contributed by atoms with E-state index in [0.29, 0.717) is 27.9 Å². The maximum atomic E-state index is 12.8. The number of pyridine rings is 2. The predicted molar refractivity (Wildman–Crippen MR) is 105 cm³/mol. The Morgan fingerprint density at radius 2 is 1.76 bits per heavy atom. The van der Waals surface area contributed by atoms with E-state index in [-0.39, 0.29) is 11.4 Å². The van der Waals surface area contributed by atoms with Gasteiger partial charge in [-0.05, 0) is 36.4 Å². The molecule has 4 aromatic rings. The zero-order valence-electron chi connectivity index (χ0n) is 15.4. The highest BCUT2D eigenvalue weighted by atomic mass is 16.5. The van der Waals surface area contributed by atoms with Crippen molar-refractivity contribution in [3.63, 3.8) is 0 Å². The number of benzene rings is 1. The number of methoxy groups -OCH3 is 1. The number of fused-ring (bicyclic) bond motifs is 1. The zero-order chi connectivity index (χ0) is 20.2. The number of para-hydroxylation sites is 1. The minimum Gasteiger partial charge on any atom is -0.480 e. The van der Waals surface area contributed by atoms with Gasteiger partial charge in [0.1, 0.15) is 11.3 Å². The van der Waals surface area contributed by atoms with Crippen LogP contribution in [0.5, 0.6) is 5.88 Å². The third kappa shape index (κ3) is 3.63. The first kappa shape index (κ1) is 18.2. The van der Waals surface area contributed by atoms with Crippen molar-refractivity contribution < 1.29 is 18.7 Å². The lowest BCUT2D eigenvalue weighted by atomic mass is 10.1. The fourth-order valence-corrected chi connectivity index (χ4v) is 2.89. The molecule has 0 bridgehead atoms. The van der Waals surface area contributed by atoms with E-state index in [1.807, 2.05) is 12.1 Å². The van der Waals surface area contributed by atoms with Crippen molar-refractivity contribution in [2.45, 2.75) is 0 Å². The smallest absolute Gasteiger partial charge is 0.275 e. The normalized spacial score (nSPS) is 10.5. The second kappa shape index (κ2) is 7.81. The van der Waals surface area contributed by atoms with Gasteiger partial charge in [-0.1, -0.05) is 18.2 Å². The van der Waals surface area contributed by atoms with Crippen LogP contribution in [0.2, 0.25) is 0 Å². The van der Waals surface area contributed by atoms with Crippen LogP contribution in [0.15, 0.2) is 71.5 Å². The van der Waals surface area contributed by atoms with E-state index >= 15 is 0 Å². The lowest BCUT2D eigenvalue weighted by molar-refractivity contribution is 0.0845. The molecule has 0 aliphatic heterocycles. The standard InChI is InChI=1S/C21H16N4O4/c1-28-21-14(7-4-10-22-21)19(26)24-25-20(27)15-12-17(18-9-5-11-29-18)23-16-8-3-2-6-13(15)16/h2-12H,1H3,(H,24,26)(H,25,27). The van der Waals surface area contributed by atoms with Gasteiger partial charge >= 0.3 is 0 Å². The molecule has 2 N–H and O–H groups in total. The van der Waals surface area contributed by atoms with Crippen LogP contribution < -0.4 is 15.6 Å². The first-order valence-corrected chi connectivity index (χ1v) is 8.70. The zero-order valence-corrected chi connectivity index (χ0v) is 15.4. The summed E-state index contributed by atoms with van der Waals surface area (Å²) < 4.78 is 10.5. The van der Waals surface area contributed by atoms with Crippen molar-refractivity contribution in [2.75, 3.05) is 7.11 Å². The number of furan rings is 1. The molecule has 0 saturated heterocycles. The fourth-order valence-electron chi connectivity index (χ4n) is 2.89. The van der Waals surface area contributed by atoms with Gasteiger partial charge in [-0.2, -0.15) is 0 Å². The number of ether oxygens (including phenoxy) is 1. The summed E-state index contributed by atoms with van der Waals surface area (Å²) in [7, 11) is 1.41. The molecular formula is C21H16N4O4. The van der Waals surface area contributed by atoms with Crippen molar-refractivity contribution in [2.24, 2.45) is 0 Å². The Morgan fingerprint density at radius 1 is 0.966 bits per heavy atom. The van der Waals surface area contributed by atoms with Gasteiger partial charge in [0.2, 0.25) is 5.88 Å². The SMILES string of the molecule is COc1ncccc1C(=O)NNC(=O)c1cc(-c2ccco2)nc2ccccc12. The highest BCUT2D eigenvalue weighted by Gasteiger charge is 2.17. The van der Waals surface area contributed by atoms with Gasteiger partial charge in [0.15, 0.2) is 5.76 Å². The van der Waals surface area contributed by atoms with Crippen LogP contribution >= 0.6 is 0 Å². The van der Waals surface area contributed by atoms with Gasteiger partial charge in [-0.25, -0.2) is 9.97 Å². The van der Waals surface area contributed by atoms with E-state index in [1.54, 1.807) is 42.5 Å². The van der Waals surface area contributed by atoms with Gasteiger partial charge in [-0.15, -0.1) is 0 Å². The average molecular weight is 388 g/mol. The number of amides is 2. The summed E-state index contributed by atoms with van der Waals surface area (Å²) in [6.45, 7) is 0. The number of nitrogens with one attached hydrogen (secondary N) is 2. The summed E-state index contributed by atoms with van der Waals surface area (Å²) in [5.74, 6) is -0.344. The molecule has 8 heteroatoms. The van der Waals surface area contributed by atoms with Crippen LogP contribution in [0.4, 0.5) is 0 Å². The molecule has 8 nitrogen and oxygen atoms in total. The molecule has 1 aromatic carbocycles. The van der Waals surface area contributed by atoms with Crippen molar-refractivity contribution in [3.05, 3.63) is 78.2 Å². The molecule has 0 spiro atoms. The van der Waals surface area contributed by atoms with E-state index in [2.05, 4.69) is 20.8 Å². The molecule has 0 fully saturated rings. The number of hydrogen-bond acceptors (Lipinski definition) is 6. The molecule has 3 aromatic heterocycles. The lowest BCUT2D eigenvalue weighted by Gasteiger charge is -2.11. The van der Waals surface area contributed by atoms with Crippen molar-refractivity contribution >= 4 is 22.7 Å². The highest BCUT2D eigenvalue weighted by Crippen LogP contribution is 2.25. The molecule has 4 rings (SSSR count). The minimum atomic E-state index is -0.548. The maximum absolute atomic E-state index is 12.8.